The molecular weight excluding hydrogens is 721 g/mol. The Morgan fingerprint density at radius 1 is 0.390 bits per heavy atom. The lowest BCUT2D eigenvalue weighted by molar-refractivity contribution is 0.208. The number of nitrogens with two attached hydrogens (primary N) is 2. The van der Waals surface area contributed by atoms with Crippen molar-refractivity contribution < 1.29 is 9.47 Å². The second kappa shape index (κ2) is 24.4. The third kappa shape index (κ3) is 14.6. The molecule has 59 heavy (non-hydrogen) atoms. The Bertz CT molecular complexity index is 1610. The first-order valence-electron chi connectivity index (χ1n) is 24.3. The van der Waals surface area contributed by atoms with Crippen LogP contribution in [0, 0.1) is 17.8 Å². The fourth-order valence-electron chi connectivity index (χ4n) is 10.3. The summed E-state index contributed by atoms with van der Waals surface area (Å²) in [5.74, 6) is 6.05. The minimum Gasteiger partial charge on any atom is -0.457 e. The van der Waals surface area contributed by atoms with Crippen molar-refractivity contribution in [2.45, 2.75) is 179 Å². The molecular formula is C55H78N2O2. The van der Waals surface area contributed by atoms with Crippen LogP contribution in [-0.4, -0.2) is 0 Å². The van der Waals surface area contributed by atoms with Crippen LogP contribution in [0.4, 0.5) is 11.4 Å². The van der Waals surface area contributed by atoms with Gasteiger partial charge in [-0.05, 0) is 127 Å². The van der Waals surface area contributed by atoms with E-state index in [0.29, 0.717) is 0 Å². The summed E-state index contributed by atoms with van der Waals surface area (Å²) in [5.41, 5.74) is 16.0. The molecule has 2 aliphatic carbocycles. The van der Waals surface area contributed by atoms with E-state index in [0.717, 1.165) is 52.1 Å². The zero-order valence-electron chi connectivity index (χ0n) is 36.8. The van der Waals surface area contributed by atoms with Gasteiger partial charge in [-0.3, -0.25) is 0 Å². The van der Waals surface area contributed by atoms with Gasteiger partial charge in [0.15, 0.2) is 0 Å². The van der Waals surface area contributed by atoms with Crippen molar-refractivity contribution in [3.63, 3.8) is 0 Å². The summed E-state index contributed by atoms with van der Waals surface area (Å²) in [4.78, 5) is 0. The molecule has 0 atom stereocenters. The van der Waals surface area contributed by atoms with Gasteiger partial charge in [0, 0.05) is 16.8 Å². The highest BCUT2D eigenvalue weighted by Gasteiger charge is 2.38. The Hall–Kier alpha value is -3.92. The first-order chi connectivity index (χ1) is 29.0. The van der Waals surface area contributed by atoms with Crippen LogP contribution < -0.4 is 20.9 Å². The highest BCUT2D eigenvalue weighted by atomic mass is 16.5. The van der Waals surface area contributed by atoms with Crippen LogP contribution in [0.5, 0.6) is 23.0 Å². The molecule has 4 N–H and O–H groups in total. The Morgan fingerprint density at radius 2 is 0.695 bits per heavy atom. The van der Waals surface area contributed by atoms with E-state index in [-0.39, 0.29) is 5.41 Å². The third-order valence-corrected chi connectivity index (χ3v) is 14.2. The van der Waals surface area contributed by atoms with Gasteiger partial charge in [0.25, 0.3) is 0 Å². The molecule has 0 unspecified atom stereocenters. The van der Waals surface area contributed by atoms with Crippen molar-refractivity contribution in [2.75, 3.05) is 11.5 Å². The molecule has 0 bridgehead atoms. The Balaban J connectivity index is 0.911. The maximum absolute atomic E-state index is 6.19. The normalized spacial score (nSPS) is 18.1. The van der Waals surface area contributed by atoms with Crippen LogP contribution in [0.2, 0.25) is 0 Å². The molecule has 2 saturated carbocycles. The molecule has 4 aromatic carbocycles. The van der Waals surface area contributed by atoms with E-state index in [1.165, 1.54) is 178 Å². The maximum Gasteiger partial charge on any atom is 0.127 e. The smallest absolute Gasteiger partial charge is 0.127 e. The molecule has 4 heteroatoms. The predicted octanol–water partition coefficient (Wildman–Crippen LogP) is 16.8. The van der Waals surface area contributed by atoms with Crippen molar-refractivity contribution in [3.8, 4) is 23.0 Å². The molecule has 0 amide bonds. The van der Waals surface area contributed by atoms with Crippen molar-refractivity contribution in [3.05, 3.63) is 108 Å². The lowest BCUT2D eigenvalue weighted by Gasteiger charge is -2.42. The first kappa shape index (κ1) is 44.6. The van der Waals surface area contributed by atoms with E-state index in [4.69, 9.17) is 20.9 Å². The molecule has 0 aliphatic heterocycles. The number of nitrogen functional groups attached to an aromatic ring is 2. The largest absolute Gasteiger partial charge is 0.457 e. The van der Waals surface area contributed by atoms with Gasteiger partial charge < -0.3 is 20.9 Å². The molecule has 0 spiro atoms. The molecule has 0 radical (unpaired) electrons. The predicted molar refractivity (Wildman–Crippen MR) is 252 cm³/mol. The molecule has 4 nitrogen and oxygen atoms in total. The second-order valence-corrected chi connectivity index (χ2v) is 18.6. The minimum absolute atomic E-state index is 0.0268. The lowest BCUT2D eigenvalue weighted by Crippen LogP contribution is -2.33. The van der Waals surface area contributed by atoms with E-state index in [1.54, 1.807) is 0 Å². The van der Waals surface area contributed by atoms with Crippen LogP contribution in [0.1, 0.15) is 185 Å². The fourth-order valence-corrected chi connectivity index (χ4v) is 10.3. The summed E-state index contributed by atoms with van der Waals surface area (Å²) in [6.45, 7) is 2.31. The standard InChI is InChI=1S/C55H78N2O2/c1-2-3-4-5-6-7-8-9-10-11-12-13-14-15-16-17-44-18-20-45(21-19-44)22-23-46-40-42-55(43-41-46,47-24-32-51(33-25-47)58-53-36-28-49(56)29-37-53)48-26-34-52(35-27-48)59-54-38-30-50(57)31-39-54/h24-39,44-46H,2-23,40-43,56-57H2,1H3/t44-,45-. The van der Waals surface area contributed by atoms with Gasteiger partial charge in [-0.25, -0.2) is 0 Å². The summed E-state index contributed by atoms with van der Waals surface area (Å²) in [6, 6.07) is 32.9. The summed E-state index contributed by atoms with van der Waals surface area (Å²) >= 11 is 0. The zero-order chi connectivity index (χ0) is 41.0. The Kier molecular flexibility index (Phi) is 18.4. The molecule has 0 saturated heterocycles. The molecule has 0 heterocycles. The van der Waals surface area contributed by atoms with Gasteiger partial charge in [-0.1, -0.05) is 172 Å². The molecule has 4 aromatic rings. The van der Waals surface area contributed by atoms with E-state index in [1.807, 2.05) is 48.5 Å². The molecule has 2 aliphatic rings. The quantitative estimate of drug-likeness (QED) is 0.0517. The van der Waals surface area contributed by atoms with Gasteiger partial charge in [0.05, 0.1) is 0 Å². The van der Waals surface area contributed by atoms with Crippen LogP contribution >= 0.6 is 0 Å². The van der Waals surface area contributed by atoms with E-state index in [2.05, 4.69) is 55.5 Å². The second-order valence-electron chi connectivity index (χ2n) is 18.6. The summed E-state index contributed by atoms with van der Waals surface area (Å²) in [5, 5.41) is 0. The number of hydrogen-bond acceptors (Lipinski definition) is 4. The zero-order valence-corrected chi connectivity index (χ0v) is 36.8. The number of ether oxygens (including phenoxy) is 2. The number of unbranched alkanes of at least 4 members (excludes halogenated alkanes) is 14. The average molecular weight is 799 g/mol. The molecule has 320 valence electrons. The van der Waals surface area contributed by atoms with Gasteiger partial charge >= 0.3 is 0 Å². The van der Waals surface area contributed by atoms with Crippen LogP contribution in [0.25, 0.3) is 0 Å². The van der Waals surface area contributed by atoms with Crippen molar-refractivity contribution in [1.29, 1.82) is 0 Å². The third-order valence-electron chi connectivity index (χ3n) is 14.2. The maximum atomic E-state index is 6.19. The van der Waals surface area contributed by atoms with Crippen LogP contribution in [-0.2, 0) is 5.41 Å². The number of benzene rings is 4. The SMILES string of the molecule is CCCCCCCCCCCCCCCCC[C@H]1CC[C@H](CCC2CCC(c3ccc(Oc4ccc(N)cc4)cc3)(c3ccc(Oc4ccc(N)cc4)cc3)CC2)CC1. The first-order valence-corrected chi connectivity index (χ1v) is 24.3. The lowest BCUT2D eigenvalue weighted by atomic mass is 9.62. The Morgan fingerprint density at radius 3 is 1.07 bits per heavy atom. The summed E-state index contributed by atoms with van der Waals surface area (Å²) < 4.78 is 12.4. The average Bonchev–Trinajstić information content (AvgIpc) is 3.27. The number of hydrogen-bond donors (Lipinski definition) is 2. The van der Waals surface area contributed by atoms with E-state index < -0.39 is 0 Å². The van der Waals surface area contributed by atoms with Crippen molar-refractivity contribution in [2.24, 2.45) is 17.8 Å². The van der Waals surface area contributed by atoms with Gasteiger partial charge in [-0.2, -0.15) is 0 Å². The highest BCUT2D eigenvalue weighted by Crippen LogP contribution is 2.49. The topological polar surface area (TPSA) is 70.5 Å². The minimum atomic E-state index is -0.0268. The van der Waals surface area contributed by atoms with E-state index in [9.17, 15) is 0 Å². The molecule has 6 rings (SSSR count). The highest BCUT2D eigenvalue weighted by molar-refractivity contribution is 5.47. The van der Waals surface area contributed by atoms with Crippen LogP contribution in [0.3, 0.4) is 0 Å². The molecule has 0 aromatic heterocycles. The van der Waals surface area contributed by atoms with Gasteiger partial charge in [-0.15, -0.1) is 0 Å². The van der Waals surface area contributed by atoms with Crippen LogP contribution in [0.15, 0.2) is 97.1 Å². The molecule has 2 fully saturated rings. The monoisotopic (exact) mass is 799 g/mol. The summed E-state index contributed by atoms with van der Waals surface area (Å²) in [6.07, 6.45) is 36.9. The fraction of sp³-hybridized carbons (Fsp3) is 0.564. The van der Waals surface area contributed by atoms with Gasteiger partial charge in [0.1, 0.15) is 23.0 Å². The summed E-state index contributed by atoms with van der Waals surface area (Å²) in [7, 11) is 0. The van der Waals surface area contributed by atoms with Crippen molar-refractivity contribution in [1.82, 2.24) is 0 Å². The Labute approximate surface area is 359 Å². The van der Waals surface area contributed by atoms with Gasteiger partial charge in [0.2, 0.25) is 0 Å². The van der Waals surface area contributed by atoms with Crippen molar-refractivity contribution >= 4 is 11.4 Å². The van der Waals surface area contributed by atoms with E-state index >= 15 is 0 Å². The number of rotatable bonds is 25. The number of anilines is 2.